The van der Waals surface area contributed by atoms with Crippen LogP contribution in [0, 0.1) is 5.92 Å². The molecule has 0 radical (unpaired) electrons. The van der Waals surface area contributed by atoms with Gasteiger partial charge in [0.2, 0.25) is 10.0 Å². The molecule has 0 aliphatic carbocycles. The van der Waals surface area contributed by atoms with Gasteiger partial charge in [-0.15, -0.1) is 0 Å². The Kier molecular flexibility index (Phi) is 6.69. The first-order valence-electron chi connectivity index (χ1n) is 9.39. The molecule has 2 aliphatic heterocycles. The van der Waals surface area contributed by atoms with E-state index in [4.69, 9.17) is 9.47 Å². The van der Waals surface area contributed by atoms with Gasteiger partial charge in [-0.1, -0.05) is 12.1 Å². The third-order valence-electron chi connectivity index (χ3n) is 5.13. The van der Waals surface area contributed by atoms with Crippen molar-refractivity contribution >= 4 is 22.0 Å². The number of nitrogens with zero attached hydrogens (tertiary/aromatic N) is 1. The van der Waals surface area contributed by atoms with E-state index in [1.165, 1.54) is 23.5 Å². The highest BCUT2D eigenvalue weighted by molar-refractivity contribution is 7.89. The van der Waals surface area contributed by atoms with Crippen LogP contribution in [0.4, 0.5) is 0 Å². The molecular weight excluding hydrogens is 386 g/mol. The molecule has 0 amide bonds. The molecule has 154 valence electrons. The molecule has 28 heavy (non-hydrogen) atoms. The van der Waals surface area contributed by atoms with Crippen molar-refractivity contribution in [3.8, 4) is 0 Å². The maximum atomic E-state index is 13.0. The number of hydrogen-bond acceptors (Lipinski definition) is 7. The zero-order valence-corrected chi connectivity index (χ0v) is 16.7. The molecule has 1 atom stereocenters. The molecule has 0 aromatic heterocycles. The molecule has 2 saturated heterocycles. The summed E-state index contributed by atoms with van der Waals surface area (Å²) in [6, 6.07) is 5.97. The van der Waals surface area contributed by atoms with Gasteiger partial charge in [0.1, 0.15) is 6.61 Å². The molecule has 0 unspecified atom stereocenters. The van der Waals surface area contributed by atoms with Crippen LogP contribution in [-0.2, 0) is 29.0 Å². The molecule has 2 fully saturated rings. The van der Waals surface area contributed by atoms with E-state index in [0.29, 0.717) is 19.4 Å². The summed E-state index contributed by atoms with van der Waals surface area (Å²) in [6.07, 6.45) is 2.60. The molecule has 0 N–H and O–H groups in total. The van der Waals surface area contributed by atoms with Crippen molar-refractivity contribution in [3.05, 3.63) is 29.8 Å². The van der Waals surface area contributed by atoms with Crippen molar-refractivity contribution in [1.29, 1.82) is 0 Å². The minimum atomic E-state index is -3.86. The molecule has 1 aromatic carbocycles. The molecule has 1 aromatic rings. The molecule has 0 spiro atoms. The Morgan fingerprint density at radius 3 is 2.54 bits per heavy atom. The second-order valence-corrected chi connectivity index (χ2v) is 8.84. The number of benzene rings is 1. The maximum absolute atomic E-state index is 13.0. The summed E-state index contributed by atoms with van der Waals surface area (Å²) in [5, 5.41) is 0. The minimum absolute atomic E-state index is 0.00287. The molecule has 3 rings (SSSR count). The zero-order valence-electron chi connectivity index (χ0n) is 15.8. The van der Waals surface area contributed by atoms with E-state index in [1.807, 2.05) is 0 Å². The summed E-state index contributed by atoms with van der Waals surface area (Å²) in [5.74, 6) is -1.34. The third kappa shape index (κ3) is 4.53. The first-order chi connectivity index (χ1) is 13.4. The Morgan fingerprint density at radius 1 is 1.18 bits per heavy atom. The number of sulfonamides is 1. The first-order valence-corrected chi connectivity index (χ1v) is 10.8. The normalized spacial score (nSPS) is 21.4. The SMILES string of the molecule is COC(=O)c1ccccc1S(=O)(=O)N1CCC(C(=O)OC[C@H]2CCCO2)CC1. The average molecular weight is 411 g/mol. The van der Waals surface area contributed by atoms with Crippen LogP contribution in [0.5, 0.6) is 0 Å². The molecular formula is C19H25NO7S. The summed E-state index contributed by atoms with van der Waals surface area (Å²) in [7, 11) is -2.65. The van der Waals surface area contributed by atoms with Gasteiger partial charge in [-0.05, 0) is 37.8 Å². The van der Waals surface area contributed by atoms with Crippen LogP contribution in [0.3, 0.4) is 0 Å². The lowest BCUT2D eigenvalue weighted by Gasteiger charge is -2.30. The smallest absolute Gasteiger partial charge is 0.339 e. The summed E-state index contributed by atoms with van der Waals surface area (Å²) < 4.78 is 42.7. The number of carbonyl (C=O) groups is 2. The number of rotatable bonds is 6. The predicted molar refractivity (Wildman–Crippen MR) is 99.2 cm³/mol. The van der Waals surface area contributed by atoms with Crippen LogP contribution >= 0.6 is 0 Å². The van der Waals surface area contributed by atoms with Crippen molar-refractivity contribution in [1.82, 2.24) is 4.31 Å². The predicted octanol–water partition coefficient (Wildman–Crippen LogP) is 1.60. The molecule has 0 saturated carbocycles. The highest BCUT2D eigenvalue weighted by atomic mass is 32.2. The quantitative estimate of drug-likeness (QED) is 0.656. The van der Waals surface area contributed by atoms with E-state index in [-0.39, 0.29) is 48.1 Å². The van der Waals surface area contributed by atoms with E-state index >= 15 is 0 Å². The number of esters is 2. The lowest BCUT2D eigenvalue weighted by molar-refractivity contribution is -0.153. The summed E-state index contributed by atoms with van der Waals surface area (Å²) >= 11 is 0. The van der Waals surface area contributed by atoms with Gasteiger partial charge in [0.15, 0.2) is 0 Å². The van der Waals surface area contributed by atoms with Crippen LogP contribution in [0.25, 0.3) is 0 Å². The van der Waals surface area contributed by atoms with Crippen molar-refractivity contribution in [2.75, 3.05) is 33.4 Å². The maximum Gasteiger partial charge on any atom is 0.339 e. The van der Waals surface area contributed by atoms with Crippen molar-refractivity contribution in [3.63, 3.8) is 0 Å². The van der Waals surface area contributed by atoms with Gasteiger partial charge in [-0.2, -0.15) is 4.31 Å². The Morgan fingerprint density at radius 2 is 1.89 bits per heavy atom. The lowest BCUT2D eigenvalue weighted by Crippen LogP contribution is -2.41. The molecule has 8 nitrogen and oxygen atoms in total. The Balaban J connectivity index is 1.61. The number of methoxy groups -OCH3 is 1. The second-order valence-electron chi connectivity index (χ2n) is 6.93. The molecule has 2 heterocycles. The number of carbonyl (C=O) groups excluding carboxylic acids is 2. The fraction of sp³-hybridized carbons (Fsp3) is 0.579. The minimum Gasteiger partial charge on any atom is -0.465 e. The summed E-state index contributed by atoms with van der Waals surface area (Å²) in [6.45, 7) is 1.34. The van der Waals surface area contributed by atoms with E-state index in [2.05, 4.69) is 4.74 Å². The van der Waals surface area contributed by atoms with Crippen molar-refractivity contribution < 1.29 is 32.2 Å². The molecule has 0 bridgehead atoms. The average Bonchev–Trinajstić information content (AvgIpc) is 3.25. The molecule has 2 aliphatic rings. The van der Waals surface area contributed by atoms with Crippen molar-refractivity contribution in [2.24, 2.45) is 5.92 Å². The van der Waals surface area contributed by atoms with Gasteiger partial charge < -0.3 is 14.2 Å². The van der Waals surface area contributed by atoms with E-state index in [1.54, 1.807) is 12.1 Å². The number of ether oxygens (including phenoxy) is 3. The van der Waals surface area contributed by atoms with Crippen LogP contribution in [0.1, 0.15) is 36.0 Å². The number of hydrogen-bond donors (Lipinski definition) is 0. The number of piperidine rings is 1. The van der Waals surface area contributed by atoms with Crippen LogP contribution in [-0.4, -0.2) is 64.2 Å². The van der Waals surface area contributed by atoms with E-state index < -0.39 is 16.0 Å². The monoisotopic (exact) mass is 411 g/mol. The van der Waals surface area contributed by atoms with Gasteiger partial charge in [0.05, 0.1) is 29.6 Å². The summed E-state index contributed by atoms with van der Waals surface area (Å²) in [4.78, 5) is 24.1. The zero-order chi connectivity index (χ0) is 20.1. The largest absolute Gasteiger partial charge is 0.465 e. The van der Waals surface area contributed by atoms with Crippen LogP contribution < -0.4 is 0 Å². The Bertz CT molecular complexity index is 809. The van der Waals surface area contributed by atoms with Crippen molar-refractivity contribution in [2.45, 2.75) is 36.7 Å². The fourth-order valence-corrected chi connectivity index (χ4v) is 5.16. The van der Waals surface area contributed by atoms with Gasteiger partial charge in [0, 0.05) is 19.7 Å². The fourth-order valence-electron chi connectivity index (χ4n) is 3.51. The standard InChI is InChI=1S/C19H25NO7S/c1-25-19(22)16-6-2-3-7-17(16)28(23,24)20-10-8-14(9-11-20)18(21)27-13-15-5-4-12-26-15/h2-3,6-7,14-15H,4-5,8-13H2,1H3/t15-/m1/s1. The highest BCUT2D eigenvalue weighted by Gasteiger charge is 2.35. The Labute approximate surface area is 164 Å². The second kappa shape index (κ2) is 9.02. The highest BCUT2D eigenvalue weighted by Crippen LogP contribution is 2.27. The first kappa shape index (κ1) is 20.8. The van der Waals surface area contributed by atoms with Crippen LogP contribution in [0.15, 0.2) is 29.2 Å². The third-order valence-corrected chi connectivity index (χ3v) is 7.09. The van der Waals surface area contributed by atoms with Gasteiger partial charge in [0.25, 0.3) is 0 Å². The Hall–Kier alpha value is -1.97. The topological polar surface area (TPSA) is 99.2 Å². The molecule has 9 heteroatoms. The van der Waals surface area contributed by atoms with Crippen LogP contribution in [0.2, 0.25) is 0 Å². The van der Waals surface area contributed by atoms with Gasteiger partial charge in [-0.25, -0.2) is 13.2 Å². The summed E-state index contributed by atoms with van der Waals surface area (Å²) in [5.41, 5.74) is 0.00287. The van der Waals surface area contributed by atoms with Gasteiger partial charge >= 0.3 is 11.9 Å². The lowest BCUT2D eigenvalue weighted by atomic mass is 9.98. The van der Waals surface area contributed by atoms with E-state index in [0.717, 1.165) is 12.8 Å². The van der Waals surface area contributed by atoms with E-state index in [9.17, 15) is 18.0 Å². The van der Waals surface area contributed by atoms with Gasteiger partial charge in [-0.3, -0.25) is 4.79 Å².